The van der Waals surface area contributed by atoms with E-state index in [1.807, 2.05) is 19.1 Å². The zero-order chi connectivity index (χ0) is 10.7. The molecule has 4 heteroatoms. The van der Waals surface area contributed by atoms with Crippen LogP contribution in [0, 0.1) is 0 Å². The van der Waals surface area contributed by atoms with Gasteiger partial charge in [-0.3, -0.25) is 0 Å². The quantitative estimate of drug-likeness (QED) is 0.908. The summed E-state index contributed by atoms with van der Waals surface area (Å²) in [6, 6.07) is 3.71. The highest BCUT2D eigenvalue weighted by Gasteiger charge is 2.14. The average Bonchev–Trinajstić information content (AvgIpc) is 2.17. The predicted molar refractivity (Wildman–Crippen MR) is 59.8 cm³/mol. The summed E-state index contributed by atoms with van der Waals surface area (Å²) >= 11 is 3.42. The van der Waals surface area contributed by atoms with Crippen LogP contribution in [-0.4, -0.2) is 14.2 Å². The number of hydrogen-bond acceptors (Lipinski definition) is 3. The molecule has 1 aromatic rings. The van der Waals surface area contributed by atoms with E-state index >= 15 is 0 Å². The first-order chi connectivity index (χ1) is 6.61. The average molecular weight is 260 g/mol. The van der Waals surface area contributed by atoms with E-state index in [1.54, 1.807) is 14.2 Å². The van der Waals surface area contributed by atoms with Crippen molar-refractivity contribution in [2.45, 2.75) is 13.0 Å². The highest BCUT2D eigenvalue weighted by atomic mass is 79.9. The Bertz CT molecular complexity index is 326. The molecule has 0 aromatic heterocycles. The normalized spacial score (nSPS) is 12.4. The summed E-state index contributed by atoms with van der Waals surface area (Å²) in [5, 5.41) is 0. The van der Waals surface area contributed by atoms with Gasteiger partial charge in [0.1, 0.15) is 16.0 Å². The number of ether oxygens (including phenoxy) is 2. The van der Waals surface area contributed by atoms with E-state index in [2.05, 4.69) is 15.9 Å². The molecule has 0 bridgehead atoms. The number of methoxy groups -OCH3 is 2. The summed E-state index contributed by atoms with van der Waals surface area (Å²) in [4.78, 5) is 0. The number of nitrogens with two attached hydrogens (primary N) is 1. The van der Waals surface area contributed by atoms with Crippen molar-refractivity contribution in [1.82, 2.24) is 0 Å². The molecule has 0 heterocycles. The molecule has 0 aliphatic heterocycles. The first kappa shape index (κ1) is 11.3. The lowest BCUT2D eigenvalue weighted by molar-refractivity contribution is 0.384. The molecule has 0 spiro atoms. The van der Waals surface area contributed by atoms with Crippen LogP contribution in [0.15, 0.2) is 16.6 Å². The molecule has 0 radical (unpaired) electrons. The molecule has 14 heavy (non-hydrogen) atoms. The minimum absolute atomic E-state index is 0.0628. The van der Waals surface area contributed by atoms with E-state index in [1.165, 1.54) is 0 Å². The maximum absolute atomic E-state index is 5.81. The molecule has 0 amide bonds. The molecule has 0 fully saturated rings. The maximum atomic E-state index is 5.81. The fourth-order valence-corrected chi connectivity index (χ4v) is 1.96. The maximum Gasteiger partial charge on any atom is 0.141 e. The van der Waals surface area contributed by atoms with Gasteiger partial charge in [0.25, 0.3) is 0 Å². The summed E-state index contributed by atoms with van der Waals surface area (Å²) in [6.07, 6.45) is 0. The van der Waals surface area contributed by atoms with Crippen LogP contribution in [0.1, 0.15) is 18.5 Å². The van der Waals surface area contributed by atoms with E-state index in [0.717, 1.165) is 21.5 Å². The van der Waals surface area contributed by atoms with Crippen molar-refractivity contribution in [3.63, 3.8) is 0 Å². The van der Waals surface area contributed by atoms with Gasteiger partial charge in [-0.2, -0.15) is 0 Å². The first-order valence-corrected chi connectivity index (χ1v) is 5.07. The molecular formula is C10H14BrNO2. The Balaban J connectivity index is 3.28. The van der Waals surface area contributed by atoms with E-state index in [9.17, 15) is 0 Å². The molecule has 1 rings (SSSR count). The second-order valence-corrected chi connectivity index (χ2v) is 3.79. The molecular weight excluding hydrogens is 246 g/mol. The van der Waals surface area contributed by atoms with Crippen molar-refractivity contribution in [2.24, 2.45) is 5.73 Å². The summed E-state index contributed by atoms with van der Waals surface area (Å²) < 4.78 is 11.2. The lowest BCUT2D eigenvalue weighted by Crippen LogP contribution is -2.07. The van der Waals surface area contributed by atoms with E-state index in [0.29, 0.717) is 0 Å². The summed E-state index contributed by atoms with van der Waals surface area (Å²) in [7, 11) is 3.23. The van der Waals surface area contributed by atoms with Crippen LogP contribution < -0.4 is 15.2 Å². The fraction of sp³-hybridized carbons (Fsp3) is 0.400. The van der Waals surface area contributed by atoms with Gasteiger partial charge in [-0.15, -0.1) is 0 Å². The zero-order valence-electron chi connectivity index (χ0n) is 8.50. The highest BCUT2D eigenvalue weighted by molar-refractivity contribution is 9.10. The molecule has 1 aromatic carbocycles. The molecule has 78 valence electrons. The van der Waals surface area contributed by atoms with Crippen LogP contribution in [0.4, 0.5) is 0 Å². The molecule has 0 saturated heterocycles. The SMILES string of the molecule is COc1ccc([C@H](C)N)c(OC)c1Br. The van der Waals surface area contributed by atoms with Crippen LogP contribution >= 0.6 is 15.9 Å². The molecule has 0 unspecified atom stereocenters. The van der Waals surface area contributed by atoms with Crippen molar-refractivity contribution in [3.05, 3.63) is 22.2 Å². The summed E-state index contributed by atoms with van der Waals surface area (Å²) in [6.45, 7) is 1.91. The third-order valence-corrected chi connectivity index (χ3v) is 2.76. The van der Waals surface area contributed by atoms with Gasteiger partial charge < -0.3 is 15.2 Å². The van der Waals surface area contributed by atoms with Gasteiger partial charge in [-0.1, -0.05) is 6.07 Å². The van der Waals surface area contributed by atoms with E-state index in [-0.39, 0.29) is 6.04 Å². The Morgan fingerprint density at radius 2 is 1.93 bits per heavy atom. The third kappa shape index (κ3) is 2.01. The van der Waals surface area contributed by atoms with Crippen LogP contribution in [0.25, 0.3) is 0 Å². The second-order valence-electron chi connectivity index (χ2n) is 2.99. The summed E-state index contributed by atoms with van der Waals surface area (Å²) in [5.41, 5.74) is 6.77. The Morgan fingerprint density at radius 1 is 1.29 bits per heavy atom. The van der Waals surface area contributed by atoms with Gasteiger partial charge in [0.15, 0.2) is 0 Å². The molecule has 0 aliphatic rings. The second kappa shape index (κ2) is 4.66. The van der Waals surface area contributed by atoms with E-state index < -0.39 is 0 Å². The van der Waals surface area contributed by atoms with Gasteiger partial charge in [0.05, 0.1) is 14.2 Å². The minimum Gasteiger partial charge on any atom is -0.495 e. The molecule has 0 aliphatic carbocycles. The van der Waals surface area contributed by atoms with Gasteiger partial charge in [0.2, 0.25) is 0 Å². The summed E-state index contributed by atoms with van der Waals surface area (Å²) in [5.74, 6) is 1.48. The number of benzene rings is 1. The predicted octanol–water partition coefficient (Wildman–Crippen LogP) is 2.49. The van der Waals surface area contributed by atoms with Crippen LogP contribution in [0.5, 0.6) is 11.5 Å². The van der Waals surface area contributed by atoms with Crippen molar-refractivity contribution in [1.29, 1.82) is 0 Å². The number of rotatable bonds is 3. The van der Waals surface area contributed by atoms with Crippen molar-refractivity contribution in [3.8, 4) is 11.5 Å². The third-order valence-electron chi connectivity index (χ3n) is 2.01. The Labute approximate surface area is 92.3 Å². The largest absolute Gasteiger partial charge is 0.495 e. The van der Waals surface area contributed by atoms with Crippen LogP contribution in [-0.2, 0) is 0 Å². The molecule has 1 atom stereocenters. The Kier molecular flexibility index (Phi) is 3.77. The monoisotopic (exact) mass is 259 g/mol. The van der Waals surface area contributed by atoms with Gasteiger partial charge in [-0.05, 0) is 28.9 Å². The smallest absolute Gasteiger partial charge is 0.141 e. The van der Waals surface area contributed by atoms with Crippen molar-refractivity contribution < 1.29 is 9.47 Å². The first-order valence-electron chi connectivity index (χ1n) is 4.27. The van der Waals surface area contributed by atoms with E-state index in [4.69, 9.17) is 15.2 Å². The van der Waals surface area contributed by atoms with Crippen molar-refractivity contribution in [2.75, 3.05) is 14.2 Å². The zero-order valence-corrected chi connectivity index (χ0v) is 10.1. The topological polar surface area (TPSA) is 44.5 Å². The lowest BCUT2D eigenvalue weighted by atomic mass is 10.1. The van der Waals surface area contributed by atoms with Gasteiger partial charge in [-0.25, -0.2) is 0 Å². The number of halogens is 1. The Morgan fingerprint density at radius 3 is 2.36 bits per heavy atom. The van der Waals surface area contributed by atoms with Crippen LogP contribution in [0.2, 0.25) is 0 Å². The highest BCUT2D eigenvalue weighted by Crippen LogP contribution is 2.38. The molecule has 3 nitrogen and oxygen atoms in total. The minimum atomic E-state index is -0.0628. The lowest BCUT2D eigenvalue weighted by Gasteiger charge is -2.15. The van der Waals surface area contributed by atoms with Crippen molar-refractivity contribution >= 4 is 15.9 Å². The van der Waals surface area contributed by atoms with Gasteiger partial charge >= 0.3 is 0 Å². The fourth-order valence-electron chi connectivity index (χ4n) is 1.28. The molecule has 0 saturated carbocycles. The Hall–Kier alpha value is -0.740. The number of hydrogen-bond donors (Lipinski definition) is 1. The van der Waals surface area contributed by atoms with Gasteiger partial charge in [0, 0.05) is 11.6 Å². The molecule has 2 N–H and O–H groups in total. The standard InChI is InChI=1S/C10H14BrNO2/c1-6(12)7-4-5-8(13-2)9(11)10(7)14-3/h4-6H,12H2,1-3H3/t6-/m0/s1. The van der Waals surface area contributed by atoms with Crippen LogP contribution in [0.3, 0.4) is 0 Å².